The molecule has 0 aromatic carbocycles. The molecule has 0 aromatic rings. The van der Waals surface area contributed by atoms with Gasteiger partial charge in [0.1, 0.15) is 13.2 Å². The molecule has 0 rings (SSSR count). The van der Waals surface area contributed by atoms with Crippen molar-refractivity contribution in [1.29, 1.82) is 0 Å². The van der Waals surface area contributed by atoms with E-state index in [1.165, 1.54) is 148 Å². The summed E-state index contributed by atoms with van der Waals surface area (Å²) in [6.07, 6.45) is 80.5. The molecule has 0 N–H and O–H groups in total. The van der Waals surface area contributed by atoms with Crippen LogP contribution in [0.2, 0.25) is 0 Å². The number of allylic oxidation sites excluding steroid dienone is 16. The number of carboxylic acid groups (broad SMARTS) is 1. The van der Waals surface area contributed by atoms with E-state index in [9.17, 15) is 19.5 Å². The molecule has 0 bridgehead atoms. The molecule has 460 valence electrons. The minimum Gasteiger partial charge on any atom is -0.545 e. The molecule has 0 fully saturated rings. The van der Waals surface area contributed by atoms with Gasteiger partial charge < -0.3 is 33.3 Å². The van der Waals surface area contributed by atoms with Crippen molar-refractivity contribution < 1.29 is 42.9 Å². The topological polar surface area (TPSA) is 111 Å². The number of likely N-dealkylation sites (N-methyl/N-ethyl adjacent to an activating group) is 1. The Morgan fingerprint density at radius 1 is 0.388 bits per heavy atom. The fourth-order valence-corrected chi connectivity index (χ4v) is 9.04. The Morgan fingerprint density at radius 3 is 1.07 bits per heavy atom. The summed E-state index contributed by atoms with van der Waals surface area (Å²) in [5, 5.41) is 11.8. The van der Waals surface area contributed by atoms with Crippen LogP contribution in [-0.2, 0) is 33.3 Å². The van der Waals surface area contributed by atoms with Crippen molar-refractivity contribution in [3.63, 3.8) is 0 Å². The van der Waals surface area contributed by atoms with E-state index in [0.29, 0.717) is 17.4 Å². The van der Waals surface area contributed by atoms with Crippen LogP contribution in [0.1, 0.15) is 277 Å². The van der Waals surface area contributed by atoms with Crippen LogP contribution in [0.4, 0.5) is 0 Å². The first-order valence-corrected chi connectivity index (χ1v) is 32.9. The monoisotopic (exact) mass is 1120 g/mol. The number of ether oxygens (including phenoxy) is 4. The predicted octanol–water partition coefficient (Wildman–Crippen LogP) is 18.7. The van der Waals surface area contributed by atoms with Gasteiger partial charge in [-0.25, -0.2) is 0 Å². The predicted molar refractivity (Wildman–Crippen MR) is 338 cm³/mol. The van der Waals surface area contributed by atoms with Gasteiger partial charge in [-0.15, -0.1) is 0 Å². The van der Waals surface area contributed by atoms with Crippen molar-refractivity contribution in [1.82, 2.24) is 0 Å². The molecule has 0 aromatic heterocycles. The van der Waals surface area contributed by atoms with Crippen LogP contribution >= 0.6 is 0 Å². The standard InChI is InChI=1S/C71H123NO8/c1-6-8-10-12-14-16-18-20-22-24-26-27-28-29-30-31-32-33-34-35-36-37-38-39-40-41-42-43-44-46-48-50-52-54-56-58-60-62-69(74)80-67(66-79-71(70(75)76)77-64-63-72(3,4)5)65-78-68(73)61-59-57-55-53-51-49-47-45-25-23-21-19-17-15-13-11-9-7-2/h8,10,14,16,20,22-23,25-27,29-30,32-33,35-36,67,71H,6-7,9,11-13,15,17-19,21,24,28,31,34,37-66H2,1-5H3/b10-8-,16-14-,22-20-,25-23-,27-26-,30-29-,33-32-,36-35-. The molecule has 9 nitrogen and oxygen atoms in total. The minimum absolute atomic E-state index is 0.145. The molecule has 0 heterocycles. The molecule has 9 heteroatoms. The summed E-state index contributed by atoms with van der Waals surface area (Å²) in [5.41, 5.74) is 0. The van der Waals surface area contributed by atoms with Crippen molar-refractivity contribution in [2.45, 2.75) is 289 Å². The molecule has 0 spiro atoms. The lowest BCUT2D eigenvalue weighted by atomic mass is 10.0. The van der Waals surface area contributed by atoms with Crippen LogP contribution in [-0.4, -0.2) is 82.3 Å². The zero-order chi connectivity index (χ0) is 58.3. The average Bonchev–Trinajstić information content (AvgIpc) is 3.43. The van der Waals surface area contributed by atoms with Gasteiger partial charge in [-0.1, -0.05) is 265 Å². The summed E-state index contributed by atoms with van der Waals surface area (Å²) in [7, 11) is 5.93. The zero-order valence-electron chi connectivity index (χ0n) is 52.4. The van der Waals surface area contributed by atoms with Gasteiger partial charge in [0.2, 0.25) is 0 Å². The molecular formula is C71H123NO8. The van der Waals surface area contributed by atoms with E-state index in [2.05, 4.69) is 111 Å². The maximum Gasteiger partial charge on any atom is 0.306 e. The first-order chi connectivity index (χ1) is 39.1. The Hall–Kier alpha value is -3.79. The zero-order valence-corrected chi connectivity index (χ0v) is 52.4. The SMILES string of the molecule is CC/C=C\C/C=C\C/C=C\C/C=C\C/C=C\C/C=C\C/C=C\CCCCCCCCCCCCCCCCCC(=O)OC(COC(=O)CCCCCCCCC/C=C\CCCCCCCCC)COC(OCC[N+](C)(C)C)C(=O)[O-]. The summed E-state index contributed by atoms with van der Waals surface area (Å²) in [4.78, 5) is 37.4. The maximum absolute atomic E-state index is 12.9. The number of quaternary nitrogens is 1. The number of nitrogens with zero attached hydrogens (tertiary/aromatic N) is 1. The summed E-state index contributed by atoms with van der Waals surface area (Å²) in [5.74, 6) is -2.28. The second kappa shape index (κ2) is 61.3. The smallest absolute Gasteiger partial charge is 0.306 e. The van der Waals surface area contributed by atoms with E-state index in [4.69, 9.17) is 18.9 Å². The normalized spacial score (nSPS) is 13.4. The second-order valence-electron chi connectivity index (χ2n) is 23.0. The number of carbonyl (C=O) groups is 3. The molecule has 80 heavy (non-hydrogen) atoms. The fraction of sp³-hybridized carbons (Fsp3) is 0.732. The molecule has 0 amide bonds. The number of hydrogen-bond donors (Lipinski definition) is 0. The number of carboxylic acids is 1. The van der Waals surface area contributed by atoms with Gasteiger partial charge in [-0.2, -0.15) is 0 Å². The summed E-state index contributed by atoms with van der Waals surface area (Å²) >= 11 is 0. The molecule has 0 aliphatic heterocycles. The van der Waals surface area contributed by atoms with Gasteiger partial charge in [0.05, 0.1) is 40.3 Å². The average molecular weight is 1120 g/mol. The van der Waals surface area contributed by atoms with E-state index in [1.807, 2.05) is 21.1 Å². The van der Waals surface area contributed by atoms with E-state index in [-0.39, 0.29) is 38.6 Å². The van der Waals surface area contributed by atoms with Crippen molar-refractivity contribution >= 4 is 17.9 Å². The minimum atomic E-state index is -1.63. The lowest BCUT2D eigenvalue weighted by molar-refractivity contribution is -0.870. The number of aliphatic carboxylic acids is 1. The Labute approximate surface area is 492 Å². The molecule has 0 radical (unpaired) electrons. The Balaban J connectivity index is 4.10. The molecule has 0 aliphatic rings. The van der Waals surface area contributed by atoms with Crippen LogP contribution in [0, 0.1) is 0 Å². The highest BCUT2D eigenvalue weighted by molar-refractivity contribution is 5.70. The number of esters is 2. The van der Waals surface area contributed by atoms with Crippen LogP contribution in [0.25, 0.3) is 0 Å². The third kappa shape index (κ3) is 61.8. The largest absolute Gasteiger partial charge is 0.545 e. The maximum atomic E-state index is 12.9. The van der Waals surface area contributed by atoms with Gasteiger partial charge >= 0.3 is 11.9 Å². The third-order valence-electron chi connectivity index (χ3n) is 14.1. The first kappa shape index (κ1) is 76.2. The number of hydrogen-bond acceptors (Lipinski definition) is 8. The van der Waals surface area contributed by atoms with Gasteiger partial charge in [-0.3, -0.25) is 9.59 Å². The summed E-state index contributed by atoms with van der Waals surface area (Å²) < 4.78 is 22.7. The van der Waals surface area contributed by atoms with Gasteiger partial charge in [-0.05, 0) is 96.3 Å². The lowest BCUT2D eigenvalue weighted by Crippen LogP contribution is -2.44. The third-order valence-corrected chi connectivity index (χ3v) is 14.1. The molecule has 0 saturated heterocycles. The summed E-state index contributed by atoms with van der Waals surface area (Å²) in [6, 6.07) is 0. The van der Waals surface area contributed by atoms with Crippen LogP contribution in [0.15, 0.2) is 97.2 Å². The van der Waals surface area contributed by atoms with Crippen LogP contribution in [0.5, 0.6) is 0 Å². The number of unbranched alkanes of at least 4 members (excludes halogenated alkanes) is 29. The number of carbonyl (C=O) groups excluding carboxylic acids is 3. The van der Waals surface area contributed by atoms with Crippen molar-refractivity contribution in [3.8, 4) is 0 Å². The van der Waals surface area contributed by atoms with Crippen molar-refractivity contribution in [2.75, 3.05) is 47.5 Å². The van der Waals surface area contributed by atoms with E-state index in [0.717, 1.165) is 96.3 Å². The molecule has 2 unspecified atom stereocenters. The first-order valence-electron chi connectivity index (χ1n) is 32.9. The molecule has 2 atom stereocenters. The van der Waals surface area contributed by atoms with E-state index in [1.54, 1.807) is 0 Å². The Kier molecular flexibility index (Phi) is 58.4. The quantitative estimate of drug-likeness (QED) is 0.0195. The fourth-order valence-electron chi connectivity index (χ4n) is 9.04. The van der Waals surface area contributed by atoms with Crippen LogP contribution < -0.4 is 5.11 Å². The Bertz CT molecular complexity index is 1630. The molecule has 0 aliphatic carbocycles. The highest BCUT2D eigenvalue weighted by atomic mass is 16.7. The highest BCUT2D eigenvalue weighted by Gasteiger charge is 2.22. The van der Waals surface area contributed by atoms with Gasteiger partial charge in [0.15, 0.2) is 12.4 Å². The van der Waals surface area contributed by atoms with Crippen LogP contribution in [0.3, 0.4) is 0 Å². The van der Waals surface area contributed by atoms with E-state index >= 15 is 0 Å². The van der Waals surface area contributed by atoms with Gasteiger partial charge in [0, 0.05) is 12.8 Å². The van der Waals surface area contributed by atoms with E-state index < -0.39 is 24.3 Å². The Morgan fingerprint density at radius 2 is 0.713 bits per heavy atom. The summed E-state index contributed by atoms with van der Waals surface area (Å²) in [6.45, 7) is 4.64. The molecular weight excluding hydrogens is 995 g/mol. The van der Waals surface area contributed by atoms with Crippen molar-refractivity contribution in [2.24, 2.45) is 0 Å². The molecule has 0 saturated carbocycles. The second-order valence-corrected chi connectivity index (χ2v) is 23.0. The lowest BCUT2D eigenvalue weighted by Gasteiger charge is -2.26. The van der Waals surface area contributed by atoms with Crippen molar-refractivity contribution in [3.05, 3.63) is 97.2 Å². The highest BCUT2D eigenvalue weighted by Crippen LogP contribution is 2.16. The van der Waals surface area contributed by atoms with Gasteiger partial charge in [0.25, 0.3) is 0 Å². The number of rotatable bonds is 60.